The summed E-state index contributed by atoms with van der Waals surface area (Å²) in [5.74, 6) is 1.10. The maximum Gasteiger partial charge on any atom is 0.0705 e. The van der Waals surface area contributed by atoms with Crippen LogP contribution >= 0.6 is 0 Å². The van der Waals surface area contributed by atoms with Gasteiger partial charge in [0.15, 0.2) is 0 Å². The zero-order chi connectivity index (χ0) is 7.78. The summed E-state index contributed by atoms with van der Waals surface area (Å²) in [4.78, 5) is 0. The van der Waals surface area contributed by atoms with Crippen LogP contribution in [-0.2, 0) is 0 Å². The first-order chi connectivity index (χ1) is 4.65. The van der Waals surface area contributed by atoms with Crippen LogP contribution in [0.4, 0.5) is 0 Å². The van der Waals surface area contributed by atoms with Crippen molar-refractivity contribution in [1.29, 1.82) is 0 Å². The van der Waals surface area contributed by atoms with Gasteiger partial charge in [0.2, 0.25) is 0 Å². The molecule has 1 N–H and O–H groups in total. The Morgan fingerprint density at radius 2 is 2.20 bits per heavy atom. The fourth-order valence-corrected chi connectivity index (χ4v) is 1.79. The molecule has 60 valence electrons. The molecule has 0 aromatic heterocycles. The van der Waals surface area contributed by atoms with E-state index in [1.807, 2.05) is 0 Å². The van der Waals surface area contributed by atoms with Gasteiger partial charge in [-0.3, -0.25) is 0 Å². The van der Waals surface area contributed by atoms with Gasteiger partial charge in [-0.1, -0.05) is 33.6 Å². The van der Waals surface area contributed by atoms with E-state index in [0.717, 1.165) is 19.3 Å². The van der Waals surface area contributed by atoms with Gasteiger partial charge in [0.1, 0.15) is 0 Å². The van der Waals surface area contributed by atoms with Crippen LogP contribution in [0.25, 0.3) is 0 Å². The van der Waals surface area contributed by atoms with Crippen molar-refractivity contribution in [2.45, 2.75) is 45.6 Å². The van der Waals surface area contributed by atoms with E-state index < -0.39 is 0 Å². The van der Waals surface area contributed by atoms with Crippen molar-refractivity contribution in [3.05, 3.63) is 0 Å². The van der Waals surface area contributed by atoms with Gasteiger partial charge in [-0.2, -0.15) is 0 Å². The lowest BCUT2D eigenvalue weighted by molar-refractivity contribution is 0.0708. The average Bonchev–Trinajstić information content (AvgIpc) is 2.61. The molecule has 1 heteroatoms. The van der Waals surface area contributed by atoms with Crippen LogP contribution in [-0.4, -0.2) is 10.7 Å². The largest absolute Gasteiger partial charge is 0.389 e. The van der Waals surface area contributed by atoms with Crippen molar-refractivity contribution >= 4 is 0 Å². The van der Waals surface area contributed by atoms with E-state index in [4.69, 9.17) is 0 Å². The smallest absolute Gasteiger partial charge is 0.0705 e. The van der Waals surface area contributed by atoms with Crippen LogP contribution in [0.1, 0.15) is 40.0 Å². The summed E-state index contributed by atoms with van der Waals surface area (Å²) in [6.07, 6.45) is 3.28. The molecule has 1 aliphatic carbocycles. The lowest BCUT2D eigenvalue weighted by Gasteiger charge is -2.16. The molecule has 0 saturated heterocycles. The van der Waals surface area contributed by atoms with Gasteiger partial charge in [0.25, 0.3) is 0 Å². The van der Waals surface area contributed by atoms with Crippen molar-refractivity contribution in [2.24, 2.45) is 11.8 Å². The molecular weight excluding hydrogens is 124 g/mol. The maximum absolute atomic E-state index is 9.86. The van der Waals surface area contributed by atoms with Gasteiger partial charge < -0.3 is 5.11 Å². The second kappa shape index (κ2) is 2.54. The molecule has 3 atom stereocenters. The Morgan fingerprint density at radius 1 is 1.60 bits per heavy atom. The van der Waals surface area contributed by atoms with Gasteiger partial charge in [-0.15, -0.1) is 0 Å². The van der Waals surface area contributed by atoms with Crippen molar-refractivity contribution in [3.8, 4) is 0 Å². The summed E-state index contributed by atoms with van der Waals surface area (Å²) in [6, 6.07) is 0. The number of aliphatic hydroxyl groups is 1. The normalized spacial score (nSPS) is 41.4. The summed E-state index contributed by atoms with van der Waals surface area (Å²) < 4.78 is 0. The molecule has 0 aliphatic heterocycles. The number of hydrogen-bond donors (Lipinski definition) is 1. The third-order valence-electron chi connectivity index (χ3n) is 3.08. The Labute approximate surface area is 63.4 Å². The minimum absolute atomic E-state index is 0.274. The SMILES string of the molecule is CCC(C)C1(O)CC1CC. The highest BCUT2D eigenvalue weighted by atomic mass is 16.3. The number of hydrogen-bond acceptors (Lipinski definition) is 1. The van der Waals surface area contributed by atoms with Crippen LogP contribution < -0.4 is 0 Å². The van der Waals surface area contributed by atoms with E-state index in [-0.39, 0.29) is 5.60 Å². The van der Waals surface area contributed by atoms with Gasteiger partial charge >= 0.3 is 0 Å². The van der Waals surface area contributed by atoms with Crippen LogP contribution in [0.3, 0.4) is 0 Å². The highest BCUT2D eigenvalue weighted by molar-refractivity contribution is 5.05. The van der Waals surface area contributed by atoms with Crippen molar-refractivity contribution in [3.63, 3.8) is 0 Å². The second-order valence-corrected chi connectivity index (χ2v) is 3.61. The average molecular weight is 142 g/mol. The topological polar surface area (TPSA) is 20.2 Å². The molecule has 1 fully saturated rings. The molecular formula is C9H18O. The Kier molecular flexibility index (Phi) is 2.04. The first kappa shape index (κ1) is 8.06. The van der Waals surface area contributed by atoms with Crippen LogP contribution in [0, 0.1) is 11.8 Å². The Morgan fingerprint density at radius 3 is 2.50 bits per heavy atom. The molecule has 3 unspecified atom stereocenters. The molecule has 0 bridgehead atoms. The molecule has 1 aliphatic rings. The summed E-state index contributed by atoms with van der Waals surface area (Å²) in [5.41, 5.74) is -0.274. The van der Waals surface area contributed by atoms with Crippen molar-refractivity contribution in [1.82, 2.24) is 0 Å². The lowest BCUT2D eigenvalue weighted by atomic mass is 9.97. The zero-order valence-corrected chi connectivity index (χ0v) is 7.22. The van der Waals surface area contributed by atoms with E-state index in [2.05, 4.69) is 20.8 Å². The molecule has 0 spiro atoms. The monoisotopic (exact) mass is 142 g/mol. The third kappa shape index (κ3) is 1.07. The fourth-order valence-electron chi connectivity index (χ4n) is 1.79. The lowest BCUT2D eigenvalue weighted by Crippen LogP contribution is -2.21. The molecule has 1 saturated carbocycles. The van der Waals surface area contributed by atoms with Crippen molar-refractivity contribution < 1.29 is 5.11 Å². The molecule has 0 radical (unpaired) electrons. The minimum atomic E-state index is -0.274. The Hall–Kier alpha value is -0.0400. The molecule has 0 heterocycles. The van der Waals surface area contributed by atoms with Crippen LogP contribution in [0.15, 0.2) is 0 Å². The van der Waals surface area contributed by atoms with E-state index in [9.17, 15) is 5.11 Å². The highest BCUT2D eigenvalue weighted by Gasteiger charge is 2.54. The van der Waals surface area contributed by atoms with Gasteiger partial charge in [0, 0.05) is 0 Å². The molecule has 0 aromatic carbocycles. The maximum atomic E-state index is 9.86. The molecule has 0 aromatic rings. The van der Waals surface area contributed by atoms with Gasteiger partial charge in [-0.25, -0.2) is 0 Å². The Balaban J connectivity index is 2.42. The molecule has 1 nitrogen and oxygen atoms in total. The van der Waals surface area contributed by atoms with Crippen LogP contribution in [0.2, 0.25) is 0 Å². The van der Waals surface area contributed by atoms with Crippen molar-refractivity contribution in [2.75, 3.05) is 0 Å². The Bertz CT molecular complexity index is 122. The standard InChI is InChI=1S/C9H18O/c1-4-7(3)9(10)6-8(9)5-2/h7-8,10H,4-6H2,1-3H3. The predicted octanol–water partition coefficient (Wildman–Crippen LogP) is 2.19. The summed E-state index contributed by atoms with van der Waals surface area (Å²) in [5, 5.41) is 9.86. The zero-order valence-electron chi connectivity index (χ0n) is 7.22. The van der Waals surface area contributed by atoms with E-state index in [1.54, 1.807) is 0 Å². The van der Waals surface area contributed by atoms with E-state index in [0.29, 0.717) is 11.8 Å². The third-order valence-corrected chi connectivity index (χ3v) is 3.08. The van der Waals surface area contributed by atoms with E-state index in [1.165, 1.54) is 0 Å². The first-order valence-electron chi connectivity index (χ1n) is 4.37. The van der Waals surface area contributed by atoms with E-state index >= 15 is 0 Å². The minimum Gasteiger partial charge on any atom is -0.389 e. The quantitative estimate of drug-likeness (QED) is 0.640. The summed E-state index contributed by atoms with van der Waals surface area (Å²) >= 11 is 0. The highest BCUT2D eigenvalue weighted by Crippen LogP contribution is 2.51. The number of rotatable bonds is 3. The molecule has 1 rings (SSSR count). The summed E-state index contributed by atoms with van der Waals surface area (Å²) in [7, 11) is 0. The predicted molar refractivity (Wildman–Crippen MR) is 42.8 cm³/mol. The second-order valence-electron chi connectivity index (χ2n) is 3.61. The summed E-state index contributed by atoms with van der Waals surface area (Å²) in [6.45, 7) is 6.45. The van der Waals surface area contributed by atoms with Gasteiger partial charge in [-0.05, 0) is 18.3 Å². The molecule has 0 amide bonds. The fraction of sp³-hybridized carbons (Fsp3) is 1.00. The molecule has 10 heavy (non-hydrogen) atoms. The van der Waals surface area contributed by atoms with Gasteiger partial charge in [0.05, 0.1) is 5.60 Å². The van der Waals surface area contributed by atoms with Crippen LogP contribution in [0.5, 0.6) is 0 Å². The first-order valence-corrected chi connectivity index (χ1v) is 4.37.